The van der Waals surface area contributed by atoms with Crippen molar-refractivity contribution in [3.8, 4) is 0 Å². The van der Waals surface area contributed by atoms with Gasteiger partial charge in [0.05, 0.1) is 0 Å². The minimum atomic E-state index is -0.0817. The molecular formula is C17H18N2O. The number of nitrogens with zero attached hydrogens (tertiary/aromatic N) is 1. The Kier molecular flexibility index (Phi) is 4.56. The molecule has 2 N–H and O–H groups in total. The summed E-state index contributed by atoms with van der Waals surface area (Å²) in [5, 5.41) is 0. The van der Waals surface area contributed by atoms with E-state index in [1.165, 1.54) is 0 Å². The summed E-state index contributed by atoms with van der Waals surface area (Å²) in [4.78, 5) is 3.93. The van der Waals surface area contributed by atoms with Gasteiger partial charge in [0.15, 0.2) is 0 Å². The number of nitrogens with two attached hydrogens (primary N) is 1. The number of rotatable bonds is 5. The second-order valence-corrected chi connectivity index (χ2v) is 4.48. The fraction of sp³-hybridized carbons (Fsp3) is 0.118. The van der Waals surface area contributed by atoms with E-state index in [1.807, 2.05) is 67.6 Å². The lowest BCUT2D eigenvalue weighted by Crippen LogP contribution is -1.98. The molecule has 102 valence electrons. The first-order chi connectivity index (χ1) is 9.69. The monoisotopic (exact) mass is 266 g/mol. The smallest absolute Gasteiger partial charge is 0.213 e. The van der Waals surface area contributed by atoms with Gasteiger partial charge in [0.1, 0.15) is 6.10 Å². The van der Waals surface area contributed by atoms with Gasteiger partial charge in [-0.3, -0.25) is 0 Å². The number of anilines is 1. The highest BCUT2D eigenvalue weighted by atomic mass is 16.5. The van der Waals surface area contributed by atoms with Gasteiger partial charge in [-0.2, -0.15) is 0 Å². The molecule has 0 aliphatic rings. The number of hydrogen-bond donors (Lipinski definition) is 1. The normalized spacial score (nSPS) is 12.8. The summed E-state index contributed by atoms with van der Waals surface area (Å²) in [7, 11) is 0. The van der Waals surface area contributed by atoms with Gasteiger partial charge in [0, 0.05) is 11.8 Å². The highest BCUT2D eigenvalue weighted by Gasteiger charge is 2.07. The first kappa shape index (κ1) is 13.9. The van der Waals surface area contributed by atoms with E-state index in [2.05, 4.69) is 11.7 Å². The average molecular weight is 266 g/mol. The molecule has 0 heterocycles. The molecule has 0 saturated carbocycles. The number of nitrogen functional groups attached to an aromatic ring is 1. The van der Waals surface area contributed by atoms with Crippen LogP contribution < -0.4 is 5.73 Å². The van der Waals surface area contributed by atoms with E-state index in [9.17, 15) is 0 Å². The van der Waals surface area contributed by atoms with Gasteiger partial charge in [-0.15, -0.1) is 0 Å². The molecule has 0 aliphatic carbocycles. The summed E-state index contributed by atoms with van der Waals surface area (Å²) >= 11 is 0. The predicted molar refractivity (Wildman–Crippen MR) is 84.3 cm³/mol. The SMILES string of the molecule is C=N/C(=C/c1ccc(N)cc1)O[C@@H](C)c1ccccc1. The average Bonchev–Trinajstić information content (AvgIpc) is 2.49. The van der Waals surface area contributed by atoms with Crippen molar-refractivity contribution in [3.05, 3.63) is 71.6 Å². The molecule has 0 fully saturated rings. The zero-order valence-corrected chi connectivity index (χ0v) is 11.5. The van der Waals surface area contributed by atoms with E-state index >= 15 is 0 Å². The third kappa shape index (κ3) is 3.72. The Morgan fingerprint density at radius 1 is 1.15 bits per heavy atom. The van der Waals surface area contributed by atoms with Gasteiger partial charge in [-0.1, -0.05) is 42.5 Å². The Hall–Kier alpha value is -2.55. The van der Waals surface area contributed by atoms with Crippen molar-refractivity contribution in [2.75, 3.05) is 5.73 Å². The van der Waals surface area contributed by atoms with Crippen LogP contribution in [-0.2, 0) is 4.74 Å². The summed E-state index contributed by atoms with van der Waals surface area (Å²) in [5.74, 6) is 0.492. The summed E-state index contributed by atoms with van der Waals surface area (Å²) in [6.45, 7) is 5.54. The van der Waals surface area contributed by atoms with Crippen molar-refractivity contribution in [1.82, 2.24) is 0 Å². The van der Waals surface area contributed by atoms with Crippen LogP contribution in [0.5, 0.6) is 0 Å². The second-order valence-electron chi connectivity index (χ2n) is 4.48. The van der Waals surface area contributed by atoms with E-state index in [-0.39, 0.29) is 6.10 Å². The fourth-order valence-corrected chi connectivity index (χ4v) is 1.82. The van der Waals surface area contributed by atoms with Crippen LogP contribution in [0.3, 0.4) is 0 Å². The van der Waals surface area contributed by atoms with Crippen molar-refractivity contribution in [2.45, 2.75) is 13.0 Å². The number of hydrogen-bond acceptors (Lipinski definition) is 3. The molecule has 20 heavy (non-hydrogen) atoms. The molecule has 3 heteroatoms. The molecule has 0 spiro atoms. The number of ether oxygens (including phenoxy) is 1. The highest BCUT2D eigenvalue weighted by Crippen LogP contribution is 2.21. The van der Waals surface area contributed by atoms with Crippen LogP contribution >= 0.6 is 0 Å². The quantitative estimate of drug-likeness (QED) is 0.504. The van der Waals surface area contributed by atoms with Gasteiger partial charge < -0.3 is 10.5 Å². The van der Waals surface area contributed by atoms with Crippen LogP contribution in [0, 0.1) is 0 Å². The molecule has 0 aromatic heterocycles. The lowest BCUT2D eigenvalue weighted by molar-refractivity contribution is 0.134. The Morgan fingerprint density at radius 3 is 2.40 bits per heavy atom. The van der Waals surface area contributed by atoms with E-state index < -0.39 is 0 Å². The predicted octanol–water partition coefficient (Wildman–Crippen LogP) is 4.05. The molecule has 0 aliphatic heterocycles. The Balaban J connectivity index is 2.12. The molecular weight excluding hydrogens is 248 g/mol. The summed E-state index contributed by atoms with van der Waals surface area (Å²) in [5.41, 5.74) is 8.46. The van der Waals surface area contributed by atoms with Crippen molar-refractivity contribution in [2.24, 2.45) is 4.99 Å². The Morgan fingerprint density at radius 2 is 1.80 bits per heavy atom. The minimum Gasteiger partial charge on any atom is -0.470 e. The zero-order chi connectivity index (χ0) is 14.4. The van der Waals surface area contributed by atoms with Crippen molar-refractivity contribution >= 4 is 18.5 Å². The molecule has 2 aromatic carbocycles. The van der Waals surface area contributed by atoms with E-state index in [1.54, 1.807) is 0 Å². The molecule has 0 saturated heterocycles. The highest BCUT2D eigenvalue weighted by molar-refractivity contribution is 5.55. The van der Waals surface area contributed by atoms with Gasteiger partial charge in [-0.05, 0) is 36.9 Å². The van der Waals surface area contributed by atoms with E-state index in [4.69, 9.17) is 10.5 Å². The Labute approximate surface area is 119 Å². The second kappa shape index (κ2) is 6.57. The van der Waals surface area contributed by atoms with Gasteiger partial charge in [0.2, 0.25) is 5.88 Å². The van der Waals surface area contributed by atoms with Crippen molar-refractivity contribution in [1.29, 1.82) is 0 Å². The molecule has 1 atom stereocenters. The molecule has 0 bridgehead atoms. The Bertz CT molecular complexity index is 588. The standard InChI is InChI=1S/C17H18N2O/c1-13(15-6-4-3-5-7-15)20-17(19-2)12-14-8-10-16(18)11-9-14/h3-13H,2,18H2,1H3/b17-12-/t13-/m0/s1. The summed E-state index contributed by atoms with van der Waals surface area (Å²) in [6.07, 6.45) is 1.76. The lowest BCUT2D eigenvalue weighted by Gasteiger charge is -2.14. The first-order valence-corrected chi connectivity index (χ1v) is 6.44. The van der Waals surface area contributed by atoms with Crippen LogP contribution in [0.4, 0.5) is 5.69 Å². The molecule has 0 amide bonds. The third-order valence-corrected chi connectivity index (χ3v) is 2.95. The minimum absolute atomic E-state index is 0.0817. The van der Waals surface area contributed by atoms with Crippen LogP contribution in [0.15, 0.2) is 65.5 Å². The lowest BCUT2D eigenvalue weighted by atomic mass is 10.1. The maximum absolute atomic E-state index is 5.82. The molecule has 0 unspecified atom stereocenters. The summed E-state index contributed by atoms with van der Waals surface area (Å²) in [6, 6.07) is 17.5. The maximum atomic E-state index is 5.82. The molecule has 2 aromatic rings. The van der Waals surface area contributed by atoms with Crippen LogP contribution in [-0.4, -0.2) is 6.72 Å². The van der Waals surface area contributed by atoms with Crippen LogP contribution in [0.2, 0.25) is 0 Å². The maximum Gasteiger partial charge on any atom is 0.213 e. The molecule has 3 nitrogen and oxygen atoms in total. The van der Waals surface area contributed by atoms with E-state index in [0.29, 0.717) is 5.88 Å². The first-order valence-electron chi connectivity index (χ1n) is 6.44. The number of aliphatic imine (C=N–C) groups is 1. The van der Waals surface area contributed by atoms with Crippen molar-refractivity contribution in [3.63, 3.8) is 0 Å². The molecule has 0 radical (unpaired) electrons. The topological polar surface area (TPSA) is 47.6 Å². The van der Waals surface area contributed by atoms with Crippen LogP contribution in [0.1, 0.15) is 24.2 Å². The zero-order valence-electron chi connectivity index (χ0n) is 11.5. The third-order valence-electron chi connectivity index (χ3n) is 2.95. The van der Waals surface area contributed by atoms with E-state index in [0.717, 1.165) is 16.8 Å². The van der Waals surface area contributed by atoms with Crippen LogP contribution in [0.25, 0.3) is 6.08 Å². The largest absolute Gasteiger partial charge is 0.470 e. The molecule has 2 rings (SSSR count). The fourth-order valence-electron chi connectivity index (χ4n) is 1.82. The summed E-state index contributed by atoms with van der Waals surface area (Å²) < 4.78 is 5.82. The van der Waals surface area contributed by atoms with Gasteiger partial charge in [-0.25, -0.2) is 4.99 Å². The van der Waals surface area contributed by atoms with Crippen molar-refractivity contribution < 1.29 is 4.74 Å². The van der Waals surface area contributed by atoms with Gasteiger partial charge in [0.25, 0.3) is 0 Å². The number of benzene rings is 2. The van der Waals surface area contributed by atoms with Gasteiger partial charge >= 0.3 is 0 Å².